The van der Waals surface area contributed by atoms with Crippen LogP contribution in [0.2, 0.25) is 0 Å². The normalized spacial score (nSPS) is 14.7. The Kier molecular flexibility index (Phi) is 4.06. The van der Waals surface area contributed by atoms with Gasteiger partial charge in [-0.1, -0.05) is 5.21 Å². The maximum atomic E-state index is 12.0. The second kappa shape index (κ2) is 6.02. The molecule has 1 fully saturated rings. The lowest BCUT2D eigenvalue weighted by atomic mass is 10.2. The maximum absolute atomic E-state index is 12.0. The van der Waals surface area contributed by atoms with Crippen molar-refractivity contribution in [3.05, 3.63) is 41.7 Å². The van der Waals surface area contributed by atoms with Crippen molar-refractivity contribution in [1.29, 1.82) is 0 Å². The molecule has 0 aliphatic heterocycles. The molecule has 1 aliphatic carbocycles. The van der Waals surface area contributed by atoms with Gasteiger partial charge >= 0.3 is 6.18 Å². The van der Waals surface area contributed by atoms with E-state index in [1.54, 1.807) is 28.9 Å². The number of alkyl halides is 3. The first-order chi connectivity index (χ1) is 10.9. The third-order valence-electron chi connectivity index (χ3n) is 3.59. The molecule has 3 rings (SSSR count). The number of halogens is 3. The van der Waals surface area contributed by atoms with Crippen molar-refractivity contribution in [2.75, 3.05) is 6.54 Å². The molecule has 122 valence electrons. The zero-order valence-corrected chi connectivity index (χ0v) is 12.2. The van der Waals surface area contributed by atoms with E-state index >= 15 is 0 Å². The van der Waals surface area contributed by atoms with E-state index in [-0.39, 0.29) is 0 Å². The zero-order valence-electron chi connectivity index (χ0n) is 12.2. The van der Waals surface area contributed by atoms with Gasteiger partial charge in [0.2, 0.25) is 0 Å². The van der Waals surface area contributed by atoms with Crippen LogP contribution in [0.15, 0.2) is 30.5 Å². The highest BCUT2D eigenvalue weighted by Gasteiger charge is 2.27. The van der Waals surface area contributed by atoms with Crippen molar-refractivity contribution in [2.45, 2.75) is 31.4 Å². The SMILES string of the molecule is O=C(NCCC(F)(F)F)c1ccc(-n2cc(C3CC3)nn2)cc1. The number of benzene rings is 1. The summed E-state index contributed by atoms with van der Waals surface area (Å²) in [6.07, 6.45) is -1.19. The number of hydrogen-bond donors (Lipinski definition) is 1. The fourth-order valence-electron chi connectivity index (χ4n) is 2.15. The fraction of sp³-hybridized carbons (Fsp3) is 0.400. The first-order valence-corrected chi connectivity index (χ1v) is 7.30. The summed E-state index contributed by atoms with van der Waals surface area (Å²) in [6.45, 7) is -0.433. The Balaban J connectivity index is 1.60. The van der Waals surface area contributed by atoms with Crippen LogP contribution in [0.3, 0.4) is 0 Å². The minimum atomic E-state index is -4.27. The highest BCUT2D eigenvalue weighted by molar-refractivity contribution is 5.94. The lowest BCUT2D eigenvalue weighted by Gasteiger charge is -2.08. The summed E-state index contributed by atoms with van der Waals surface area (Å²) in [7, 11) is 0. The summed E-state index contributed by atoms with van der Waals surface area (Å²) in [5.74, 6) is -0.0273. The van der Waals surface area contributed by atoms with E-state index in [1.165, 1.54) is 0 Å². The lowest BCUT2D eigenvalue weighted by molar-refractivity contribution is -0.132. The van der Waals surface area contributed by atoms with Crippen LogP contribution in [0, 0.1) is 0 Å². The molecule has 0 saturated heterocycles. The van der Waals surface area contributed by atoms with Gasteiger partial charge in [0.25, 0.3) is 5.91 Å². The van der Waals surface area contributed by atoms with Gasteiger partial charge in [-0.15, -0.1) is 5.10 Å². The first-order valence-electron chi connectivity index (χ1n) is 7.30. The average Bonchev–Trinajstić information content (AvgIpc) is 3.23. The van der Waals surface area contributed by atoms with E-state index in [1.807, 2.05) is 6.20 Å². The number of nitrogens with one attached hydrogen (secondary N) is 1. The molecular formula is C15H15F3N4O. The van der Waals surface area contributed by atoms with E-state index in [9.17, 15) is 18.0 Å². The van der Waals surface area contributed by atoms with Crippen molar-refractivity contribution in [3.63, 3.8) is 0 Å². The molecule has 23 heavy (non-hydrogen) atoms. The monoisotopic (exact) mass is 324 g/mol. The second-order valence-corrected chi connectivity index (χ2v) is 5.53. The second-order valence-electron chi connectivity index (χ2n) is 5.53. The van der Waals surface area contributed by atoms with Crippen LogP contribution in [-0.2, 0) is 0 Å². The Labute approximate surface area is 130 Å². The molecule has 0 bridgehead atoms. The van der Waals surface area contributed by atoms with Crippen LogP contribution >= 0.6 is 0 Å². The molecule has 1 saturated carbocycles. The number of nitrogens with zero attached hydrogens (tertiary/aromatic N) is 3. The Morgan fingerprint density at radius 2 is 1.96 bits per heavy atom. The molecule has 2 aromatic rings. The van der Waals surface area contributed by atoms with E-state index in [0.717, 1.165) is 24.2 Å². The van der Waals surface area contributed by atoms with Gasteiger partial charge in [-0.05, 0) is 37.1 Å². The van der Waals surface area contributed by atoms with Gasteiger partial charge in [0.05, 0.1) is 24.0 Å². The smallest absolute Gasteiger partial charge is 0.352 e. The molecular weight excluding hydrogens is 309 g/mol. The van der Waals surface area contributed by atoms with Crippen molar-refractivity contribution >= 4 is 5.91 Å². The van der Waals surface area contributed by atoms with E-state index in [2.05, 4.69) is 15.6 Å². The summed E-state index contributed by atoms with van der Waals surface area (Å²) >= 11 is 0. The molecule has 1 aromatic carbocycles. The number of carbonyl (C=O) groups excluding carboxylic acids is 1. The Bertz CT molecular complexity index is 689. The molecule has 1 aliphatic rings. The lowest BCUT2D eigenvalue weighted by Crippen LogP contribution is -2.27. The number of carbonyl (C=O) groups is 1. The summed E-state index contributed by atoms with van der Waals surface area (Å²) < 4.78 is 37.8. The van der Waals surface area contributed by atoms with Crippen molar-refractivity contribution in [3.8, 4) is 5.69 Å². The van der Waals surface area contributed by atoms with Crippen LogP contribution in [0.5, 0.6) is 0 Å². The average molecular weight is 324 g/mol. The van der Waals surface area contributed by atoms with Crippen LogP contribution in [0.25, 0.3) is 5.69 Å². The molecule has 1 N–H and O–H groups in total. The Hall–Kier alpha value is -2.38. The third-order valence-corrected chi connectivity index (χ3v) is 3.59. The molecule has 1 heterocycles. The minimum Gasteiger partial charge on any atom is -0.352 e. The van der Waals surface area contributed by atoms with Gasteiger partial charge < -0.3 is 5.32 Å². The van der Waals surface area contributed by atoms with Crippen molar-refractivity contribution in [2.24, 2.45) is 0 Å². The largest absolute Gasteiger partial charge is 0.390 e. The zero-order chi connectivity index (χ0) is 16.4. The summed E-state index contributed by atoms with van der Waals surface area (Å²) in [6, 6.07) is 6.47. The molecule has 0 radical (unpaired) electrons. The molecule has 1 aromatic heterocycles. The fourth-order valence-corrected chi connectivity index (χ4v) is 2.15. The van der Waals surface area contributed by atoms with E-state index in [0.29, 0.717) is 11.5 Å². The van der Waals surface area contributed by atoms with Crippen molar-refractivity contribution < 1.29 is 18.0 Å². The maximum Gasteiger partial charge on any atom is 0.390 e. The topological polar surface area (TPSA) is 59.8 Å². The first kappa shape index (κ1) is 15.5. The Morgan fingerprint density at radius 1 is 1.26 bits per heavy atom. The molecule has 0 unspecified atom stereocenters. The highest BCUT2D eigenvalue weighted by Crippen LogP contribution is 2.38. The number of aromatic nitrogens is 3. The van der Waals surface area contributed by atoms with Crippen LogP contribution in [-0.4, -0.2) is 33.6 Å². The third kappa shape index (κ3) is 4.08. The standard InChI is InChI=1S/C15H15F3N4O/c16-15(17,18)7-8-19-14(23)11-3-5-12(6-4-11)22-9-13(20-21-22)10-1-2-10/h3-6,9-10H,1-2,7-8H2,(H,19,23). The van der Waals surface area contributed by atoms with Gasteiger partial charge in [0.1, 0.15) is 0 Å². The molecule has 0 atom stereocenters. The van der Waals surface area contributed by atoms with E-state index in [4.69, 9.17) is 0 Å². The molecule has 5 nitrogen and oxygen atoms in total. The van der Waals surface area contributed by atoms with Gasteiger partial charge in [-0.2, -0.15) is 13.2 Å². The quantitative estimate of drug-likeness (QED) is 0.920. The van der Waals surface area contributed by atoms with Gasteiger partial charge in [0, 0.05) is 18.0 Å². The minimum absolute atomic E-state index is 0.304. The van der Waals surface area contributed by atoms with Gasteiger partial charge in [0.15, 0.2) is 0 Å². The van der Waals surface area contributed by atoms with Crippen molar-refractivity contribution in [1.82, 2.24) is 20.3 Å². The number of amides is 1. The van der Waals surface area contributed by atoms with Crippen LogP contribution in [0.4, 0.5) is 13.2 Å². The molecule has 8 heteroatoms. The number of rotatable bonds is 5. The predicted octanol–water partition coefficient (Wildman–Crippen LogP) is 2.83. The summed E-state index contributed by atoms with van der Waals surface area (Å²) in [4.78, 5) is 11.8. The number of hydrogen-bond acceptors (Lipinski definition) is 3. The van der Waals surface area contributed by atoms with E-state index < -0.39 is 25.0 Å². The molecule has 0 spiro atoms. The summed E-state index contributed by atoms with van der Waals surface area (Å²) in [5.41, 5.74) is 2.01. The summed E-state index contributed by atoms with van der Waals surface area (Å²) in [5, 5.41) is 10.4. The molecule has 1 amide bonds. The van der Waals surface area contributed by atoms with Gasteiger partial charge in [-0.3, -0.25) is 4.79 Å². The van der Waals surface area contributed by atoms with Crippen LogP contribution in [0.1, 0.15) is 41.2 Å². The Morgan fingerprint density at radius 3 is 2.57 bits per heavy atom. The highest BCUT2D eigenvalue weighted by atomic mass is 19.4. The van der Waals surface area contributed by atoms with Gasteiger partial charge in [-0.25, -0.2) is 4.68 Å². The van der Waals surface area contributed by atoms with Crippen LogP contribution < -0.4 is 5.32 Å². The predicted molar refractivity (Wildman–Crippen MR) is 76.3 cm³/mol.